The number of rotatable bonds is 4. The smallest absolute Gasteiger partial charge is 0.207 e. The lowest BCUT2D eigenvalue weighted by Gasteiger charge is -1.97. The molecule has 1 atom stereocenters. The van der Waals surface area contributed by atoms with Crippen molar-refractivity contribution in [1.29, 1.82) is 0 Å². The second kappa shape index (κ2) is 4.26. The average molecular weight is 117 g/mol. The predicted octanol–water partition coefficient (Wildman–Crippen LogP) is -1.71. The number of aliphatic hydroxyl groups excluding tert-OH is 1. The highest BCUT2D eigenvalue weighted by Gasteiger charge is 1.96. The zero-order valence-corrected chi connectivity index (χ0v) is 4.20. The third-order valence-corrected chi connectivity index (χ3v) is 0.567. The summed E-state index contributed by atoms with van der Waals surface area (Å²) in [5.74, 6) is 0. The van der Waals surface area contributed by atoms with E-state index in [9.17, 15) is 9.59 Å². The molecule has 0 rings (SSSR count). The number of amides is 1. The molecule has 0 aromatic rings. The molecule has 0 aliphatic heterocycles. The van der Waals surface area contributed by atoms with E-state index in [2.05, 4.69) is 5.32 Å². The van der Waals surface area contributed by atoms with Gasteiger partial charge in [0.25, 0.3) is 0 Å². The van der Waals surface area contributed by atoms with Crippen LogP contribution in [-0.2, 0) is 9.59 Å². The maximum absolute atomic E-state index is 9.60. The Labute approximate surface area is 46.5 Å². The Kier molecular flexibility index (Phi) is 3.78. The van der Waals surface area contributed by atoms with Gasteiger partial charge in [-0.05, 0) is 0 Å². The Morgan fingerprint density at radius 1 is 1.62 bits per heavy atom. The Morgan fingerprint density at radius 2 is 2.25 bits per heavy atom. The standard InChI is InChI=1S/C4H7NO3/c6-2-4(8)1-5-3-7/h2-4,8H,1H2,(H,5,7). The van der Waals surface area contributed by atoms with Crippen LogP contribution < -0.4 is 5.32 Å². The van der Waals surface area contributed by atoms with Crippen LogP contribution in [0, 0.1) is 0 Å². The van der Waals surface area contributed by atoms with Crippen molar-refractivity contribution in [3.63, 3.8) is 0 Å². The minimum absolute atomic E-state index is 0.00694. The third-order valence-electron chi connectivity index (χ3n) is 0.567. The summed E-state index contributed by atoms with van der Waals surface area (Å²) < 4.78 is 0. The first-order chi connectivity index (χ1) is 3.81. The van der Waals surface area contributed by atoms with E-state index in [-0.39, 0.29) is 6.54 Å². The van der Waals surface area contributed by atoms with Crippen molar-refractivity contribution in [3.8, 4) is 0 Å². The first-order valence-corrected chi connectivity index (χ1v) is 2.11. The normalized spacial score (nSPS) is 12.1. The zero-order valence-electron chi connectivity index (χ0n) is 4.20. The van der Waals surface area contributed by atoms with Crippen molar-refractivity contribution in [3.05, 3.63) is 0 Å². The number of nitrogens with one attached hydrogen (secondary N) is 1. The molecule has 0 saturated heterocycles. The largest absolute Gasteiger partial charge is 0.384 e. The van der Waals surface area contributed by atoms with Crippen LogP contribution in [0.25, 0.3) is 0 Å². The molecule has 4 nitrogen and oxygen atoms in total. The molecule has 0 aromatic carbocycles. The monoisotopic (exact) mass is 117 g/mol. The van der Waals surface area contributed by atoms with E-state index < -0.39 is 6.10 Å². The van der Waals surface area contributed by atoms with Gasteiger partial charge >= 0.3 is 0 Å². The quantitative estimate of drug-likeness (QED) is 0.431. The Bertz CT molecular complexity index is 83.4. The average Bonchev–Trinajstić information content (AvgIpc) is 1.83. The summed E-state index contributed by atoms with van der Waals surface area (Å²) in [6, 6.07) is 0. The van der Waals surface area contributed by atoms with Crippen LogP contribution in [0.2, 0.25) is 0 Å². The minimum Gasteiger partial charge on any atom is -0.384 e. The fraction of sp³-hybridized carbons (Fsp3) is 0.500. The van der Waals surface area contributed by atoms with E-state index in [1.54, 1.807) is 0 Å². The Balaban J connectivity index is 3.09. The van der Waals surface area contributed by atoms with Gasteiger partial charge in [-0.3, -0.25) is 4.79 Å². The molecule has 0 spiro atoms. The molecule has 4 heteroatoms. The Morgan fingerprint density at radius 3 is 2.62 bits per heavy atom. The van der Waals surface area contributed by atoms with Crippen LogP contribution in [0.5, 0.6) is 0 Å². The van der Waals surface area contributed by atoms with Gasteiger partial charge in [0.2, 0.25) is 6.41 Å². The van der Waals surface area contributed by atoms with Crippen molar-refractivity contribution < 1.29 is 14.7 Å². The number of carbonyl (C=O) groups excluding carboxylic acids is 2. The molecule has 0 aliphatic rings. The third kappa shape index (κ3) is 3.30. The van der Waals surface area contributed by atoms with Crippen LogP contribution in [0.1, 0.15) is 0 Å². The lowest BCUT2D eigenvalue weighted by Crippen LogP contribution is -2.26. The van der Waals surface area contributed by atoms with Crippen LogP contribution in [0.4, 0.5) is 0 Å². The van der Waals surface area contributed by atoms with Crippen molar-refractivity contribution in [1.82, 2.24) is 5.32 Å². The van der Waals surface area contributed by atoms with Gasteiger partial charge in [0.05, 0.1) is 6.54 Å². The van der Waals surface area contributed by atoms with E-state index in [0.717, 1.165) is 0 Å². The summed E-state index contributed by atoms with van der Waals surface area (Å²) in [4.78, 5) is 19.1. The SMILES string of the molecule is O=CNCC(O)C=O. The zero-order chi connectivity index (χ0) is 6.41. The van der Waals surface area contributed by atoms with E-state index in [0.29, 0.717) is 12.7 Å². The van der Waals surface area contributed by atoms with Crippen molar-refractivity contribution >= 4 is 12.7 Å². The van der Waals surface area contributed by atoms with Gasteiger partial charge in [-0.1, -0.05) is 0 Å². The summed E-state index contributed by atoms with van der Waals surface area (Å²) in [5.41, 5.74) is 0. The number of aldehydes is 1. The molecule has 0 radical (unpaired) electrons. The van der Waals surface area contributed by atoms with Gasteiger partial charge in [-0.25, -0.2) is 0 Å². The van der Waals surface area contributed by atoms with Gasteiger partial charge in [0.15, 0.2) is 0 Å². The lowest BCUT2D eigenvalue weighted by molar-refractivity contribution is -0.115. The van der Waals surface area contributed by atoms with Crippen molar-refractivity contribution in [2.24, 2.45) is 0 Å². The van der Waals surface area contributed by atoms with E-state index in [4.69, 9.17) is 5.11 Å². The molecule has 0 bridgehead atoms. The second-order valence-corrected chi connectivity index (χ2v) is 1.23. The number of carbonyl (C=O) groups is 2. The number of hydrogen-bond donors (Lipinski definition) is 2. The van der Waals surface area contributed by atoms with Gasteiger partial charge in [0.1, 0.15) is 12.4 Å². The predicted molar refractivity (Wildman–Crippen MR) is 26.1 cm³/mol. The van der Waals surface area contributed by atoms with Gasteiger partial charge < -0.3 is 15.2 Å². The molecule has 0 heterocycles. The van der Waals surface area contributed by atoms with Crippen LogP contribution in [-0.4, -0.2) is 30.5 Å². The topological polar surface area (TPSA) is 66.4 Å². The molecule has 2 N–H and O–H groups in total. The lowest BCUT2D eigenvalue weighted by atomic mass is 10.4. The summed E-state index contributed by atoms with van der Waals surface area (Å²) in [5, 5.41) is 10.5. The summed E-state index contributed by atoms with van der Waals surface area (Å²) in [7, 11) is 0. The van der Waals surface area contributed by atoms with Crippen molar-refractivity contribution in [2.75, 3.05) is 6.54 Å². The Hall–Kier alpha value is -0.900. The fourth-order valence-corrected chi connectivity index (χ4v) is 0.217. The molecular formula is C4H7NO3. The maximum Gasteiger partial charge on any atom is 0.207 e. The first-order valence-electron chi connectivity index (χ1n) is 2.11. The molecule has 46 valence electrons. The summed E-state index contributed by atoms with van der Waals surface area (Å²) in [6.07, 6.45) is -0.288. The molecule has 0 fully saturated rings. The molecule has 0 aliphatic carbocycles. The first kappa shape index (κ1) is 7.10. The number of hydrogen-bond acceptors (Lipinski definition) is 3. The van der Waals surface area contributed by atoms with E-state index in [1.165, 1.54) is 0 Å². The van der Waals surface area contributed by atoms with Crippen molar-refractivity contribution in [2.45, 2.75) is 6.10 Å². The summed E-state index contributed by atoms with van der Waals surface area (Å²) >= 11 is 0. The van der Waals surface area contributed by atoms with Crippen LogP contribution >= 0.6 is 0 Å². The minimum atomic E-state index is -1.07. The second-order valence-electron chi connectivity index (χ2n) is 1.23. The molecule has 8 heavy (non-hydrogen) atoms. The molecule has 0 aromatic heterocycles. The van der Waals surface area contributed by atoms with Gasteiger partial charge in [-0.15, -0.1) is 0 Å². The van der Waals surface area contributed by atoms with Gasteiger partial charge in [0, 0.05) is 0 Å². The highest BCUT2D eigenvalue weighted by Crippen LogP contribution is 1.67. The molecular weight excluding hydrogens is 110 g/mol. The molecule has 1 unspecified atom stereocenters. The van der Waals surface area contributed by atoms with Crippen LogP contribution in [0.3, 0.4) is 0 Å². The number of aliphatic hydroxyl groups is 1. The molecule has 0 saturated carbocycles. The van der Waals surface area contributed by atoms with E-state index in [1.807, 2.05) is 0 Å². The highest BCUT2D eigenvalue weighted by molar-refractivity contribution is 5.57. The molecule has 1 amide bonds. The maximum atomic E-state index is 9.60. The highest BCUT2D eigenvalue weighted by atomic mass is 16.3. The van der Waals surface area contributed by atoms with E-state index >= 15 is 0 Å². The fourth-order valence-electron chi connectivity index (χ4n) is 0.217. The van der Waals surface area contributed by atoms with Crippen LogP contribution in [0.15, 0.2) is 0 Å². The van der Waals surface area contributed by atoms with Gasteiger partial charge in [-0.2, -0.15) is 0 Å². The summed E-state index contributed by atoms with van der Waals surface area (Å²) in [6.45, 7) is -0.00694.